The maximum atomic E-state index is 9.30. The number of phenolic OH excluding ortho intramolecular Hbond substituents is 1. The van der Waals surface area contributed by atoms with Crippen LogP contribution in [0.25, 0.3) is 0 Å². The summed E-state index contributed by atoms with van der Waals surface area (Å²) >= 11 is 3.99. The minimum atomic E-state index is 0. The van der Waals surface area contributed by atoms with Gasteiger partial charge in [-0.15, -0.1) is 0 Å². The molecule has 0 bridgehead atoms. The Morgan fingerprint density at radius 2 is 1.67 bits per heavy atom. The number of aromatic hydroxyl groups is 1. The predicted octanol–water partition coefficient (Wildman–Crippen LogP) is 2.09. The SMILES string of the molecule is N#Cc1cc(I)c(O)c(I)c1.[Li]. The number of hydrogen-bond acceptors (Lipinski definition) is 2. The van der Waals surface area contributed by atoms with Gasteiger partial charge < -0.3 is 5.11 Å². The van der Waals surface area contributed by atoms with Gasteiger partial charge in [-0.25, -0.2) is 0 Å². The van der Waals surface area contributed by atoms with Gasteiger partial charge in [-0.1, -0.05) is 0 Å². The number of benzene rings is 1. The van der Waals surface area contributed by atoms with E-state index in [4.69, 9.17) is 5.26 Å². The van der Waals surface area contributed by atoms with E-state index in [1.54, 1.807) is 12.1 Å². The Morgan fingerprint density at radius 1 is 1.25 bits per heavy atom. The van der Waals surface area contributed by atoms with E-state index in [0.717, 1.165) is 0 Å². The Labute approximate surface area is 110 Å². The van der Waals surface area contributed by atoms with Crippen LogP contribution in [0.3, 0.4) is 0 Å². The third-order valence-electron chi connectivity index (χ3n) is 1.15. The van der Waals surface area contributed by atoms with Crippen molar-refractivity contribution in [3.05, 3.63) is 24.8 Å². The Hall–Kier alpha value is 0.567. The van der Waals surface area contributed by atoms with Crippen molar-refractivity contribution in [3.63, 3.8) is 0 Å². The molecule has 0 aliphatic carbocycles. The Balaban J connectivity index is 0.00000121. The number of hydrogen-bond donors (Lipinski definition) is 1. The van der Waals surface area contributed by atoms with E-state index in [2.05, 4.69) is 0 Å². The van der Waals surface area contributed by atoms with Crippen molar-refractivity contribution in [2.75, 3.05) is 0 Å². The zero-order valence-corrected chi connectivity index (χ0v) is 10.6. The fourth-order valence-corrected chi connectivity index (χ4v) is 2.40. The van der Waals surface area contributed by atoms with Gasteiger partial charge in [0.15, 0.2) is 0 Å². The summed E-state index contributed by atoms with van der Waals surface area (Å²) < 4.78 is 1.43. The summed E-state index contributed by atoms with van der Waals surface area (Å²) in [4.78, 5) is 0. The van der Waals surface area contributed by atoms with Gasteiger partial charge in [0.25, 0.3) is 0 Å². The molecule has 0 spiro atoms. The molecule has 0 amide bonds. The van der Waals surface area contributed by atoms with E-state index < -0.39 is 0 Å². The summed E-state index contributed by atoms with van der Waals surface area (Å²) in [5.74, 6) is 0.255. The number of nitriles is 1. The number of nitrogens with zero attached hydrogens (tertiary/aromatic N) is 1. The first kappa shape index (κ1) is 12.6. The summed E-state index contributed by atoms with van der Waals surface area (Å²) in [5, 5.41) is 17.8. The van der Waals surface area contributed by atoms with Gasteiger partial charge in [0.2, 0.25) is 0 Å². The average molecular weight is 378 g/mol. The van der Waals surface area contributed by atoms with E-state index in [1.807, 2.05) is 51.3 Å². The predicted molar refractivity (Wildman–Crippen MR) is 64.0 cm³/mol. The molecule has 1 rings (SSSR count). The van der Waals surface area contributed by atoms with Crippen LogP contribution in [-0.4, -0.2) is 24.0 Å². The van der Waals surface area contributed by atoms with Crippen molar-refractivity contribution in [2.24, 2.45) is 0 Å². The number of rotatable bonds is 0. The minimum Gasteiger partial charge on any atom is -0.506 e. The normalized spacial score (nSPS) is 8.42. The monoisotopic (exact) mass is 378 g/mol. The van der Waals surface area contributed by atoms with Crippen LogP contribution in [0.4, 0.5) is 0 Å². The van der Waals surface area contributed by atoms with Crippen LogP contribution in [0.5, 0.6) is 5.75 Å². The molecule has 1 N–H and O–H groups in total. The fourth-order valence-electron chi connectivity index (χ4n) is 0.630. The molecular weight excluding hydrogens is 375 g/mol. The molecule has 0 aromatic heterocycles. The van der Waals surface area contributed by atoms with Crippen molar-refractivity contribution >= 4 is 64.0 Å². The number of halogens is 2. The third-order valence-corrected chi connectivity index (χ3v) is 2.79. The molecule has 0 unspecified atom stereocenters. The van der Waals surface area contributed by atoms with E-state index in [-0.39, 0.29) is 24.6 Å². The molecule has 0 saturated carbocycles. The van der Waals surface area contributed by atoms with Crippen LogP contribution < -0.4 is 0 Å². The molecule has 0 heterocycles. The molecule has 57 valence electrons. The maximum absolute atomic E-state index is 9.30. The molecule has 1 aromatic rings. The summed E-state index contributed by atoms with van der Waals surface area (Å²) in [6.45, 7) is 0. The molecule has 12 heavy (non-hydrogen) atoms. The average Bonchev–Trinajstić information content (AvgIpc) is 1.99. The van der Waals surface area contributed by atoms with Gasteiger partial charge in [0, 0.05) is 18.9 Å². The molecule has 0 aliphatic heterocycles. The van der Waals surface area contributed by atoms with Crippen LogP contribution in [0.1, 0.15) is 5.56 Å². The Morgan fingerprint density at radius 3 is 2.00 bits per heavy atom. The summed E-state index contributed by atoms with van der Waals surface area (Å²) in [6, 6.07) is 5.32. The molecule has 5 heteroatoms. The molecule has 0 aliphatic rings. The summed E-state index contributed by atoms with van der Waals surface area (Å²) in [5.41, 5.74) is 0.580. The smallest absolute Gasteiger partial charge is 0.142 e. The minimum absolute atomic E-state index is 0. The van der Waals surface area contributed by atoms with E-state index in [0.29, 0.717) is 12.7 Å². The van der Waals surface area contributed by atoms with Crippen LogP contribution in [0.15, 0.2) is 12.1 Å². The zero-order valence-electron chi connectivity index (χ0n) is 6.31. The molecule has 0 saturated heterocycles. The molecule has 2 nitrogen and oxygen atoms in total. The summed E-state index contributed by atoms with van der Waals surface area (Å²) in [6.07, 6.45) is 0. The van der Waals surface area contributed by atoms with Crippen LogP contribution in [0.2, 0.25) is 0 Å². The van der Waals surface area contributed by atoms with Crippen LogP contribution in [-0.2, 0) is 0 Å². The molecule has 0 fully saturated rings. The van der Waals surface area contributed by atoms with E-state index >= 15 is 0 Å². The largest absolute Gasteiger partial charge is 0.506 e. The zero-order chi connectivity index (χ0) is 8.43. The van der Waals surface area contributed by atoms with E-state index in [9.17, 15) is 5.11 Å². The molecular formula is C7H3I2LiNO. The summed E-state index contributed by atoms with van der Waals surface area (Å²) in [7, 11) is 0. The fraction of sp³-hybridized carbons (Fsp3) is 0. The van der Waals surface area contributed by atoms with Crippen molar-refractivity contribution in [1.82, 2.24) is 0 Å². The van der Waals surface area contributed by atoms with Crippen molar-refractivity contribution in [3.8, 4) is 11.8 Å². The van der Waals surface area contributed by atoms with Gasteiger partial charge in [-0.2, -0.15) is 5.26 Å². The standard InChI is InChI=1S/C7H3I2NO.Li/c8-5-1-4(3-10)2-6(9)7(5)11;/h1-2,11H;. The first-order valence-electron chi connectivity index (χ1n) is 2.73. The first-order valence-corrected chi connectivity index (χ1v) is 4.89. The van der Waals surface area contributed by atoms with Gasteiger partial charge in [-0.05, 0) is 57.3 Å². The Kier molecular flexibility index (Phi) is 5.58. The second kappa shape index (κ2) is 5.33. The van der Waals surface area contributed by atoms with Crippen molar-refractivity contribution in [1.29, 1.82) is 5.26 Å². The van der Waals surface area contributed by atoms with Crippen molar-refractivity contribution in [2.45, 2.75) is 0 Å². The molecule has 1 aromatic carbocycles. The van der Waals surface area contributed by atoms with Gasteiger partial charge in [0.05, 0.1) is 18.8 Å². The second-order valence-electron chi connectivity index (χ2n) is 1.90. The third kappa shape index (κ3) is 2.81. The quantitative estimate of drug-likeness (QED) is 0.556. The maximum Gasteiger partial charge on any atom is 0.142 e. The first-order chi connectivity index (χ1) is 5.15. The molecule has 0 atom stereocenters. The number of phenols is 1. The molecule has 1 radical (unpaired) electrons. The Bertz CT molecular complexity index is 312. The second-order valence-corrected chi connectivity index (χ2v) is 4.22. The van der Waals surface area contributed by atoms with Crippen LogP contribution in [0, 0.1) is 18.5 Å². The van der Waals surface area contributed by atoms with Gasteiger partial charge in [-0.3, -0.25) is 0 Å². The van der Waals surface area contributed by atoms with Gasteiger partial charge in [0.1, 0.15) is 5.75 Å². The van der Waals surface area contributed by atoms with Crippen molar-refractivity contribution < 1.29 is 5.11 Å². The topological polar surface area (TPSA) is 44.0 Å². The van der Waals surface area contributed by atoms with E-state index in [1.165, 1.54) is 0 Å². The van der Waals surface area contributed by atoms with Crippen LogP contribution >= 0.6 is 45.2 Å². The van der Waals surface area contributed by atoms with Gasteiger partial charge >= 0.3 is 0 Å².